The molecule has 3 rings (SSSR count). The summed E-state index contributed by atoms with van der Waals surface area (Å²) in [6, 6.07) is 11.5. The zero-order chi connectivity index (χ0) is 17.3. The Hall–Kier alpha value is -2.53. The maximum Gasteiger partial charge on any atom is 0.257 e. The van der Waals surface area contributed by atoms with Gasteiger partial charge in [-0.05, 0) is 64.3 Å². The highest BCUT2D eigenvalue weighted by Gasteiger charge is 2.21. The Kier molecular flexibility index (Phi) is 4.20. The van der Waals surface area contributed by atoms with Crippen molar-refractivity contribution in [2.75, 3.05) is 20.6 Å². The van der Waals surface area contributed by atoms with E-state index >= 15 is 0 Å². The van der Waals surface area contributed by atoms with Crippen LogP contribution in [-0.2, 0) is 0 Å². The zero-order valence-corrected chi connectivity index (χ0v) is 14.5. The summed E-state index contributed by atoms with van der Waals surface area (Å²) in [4.78, 5) is 20.0. The van der Waals surface area contributed by atoms with Gasteiger partial charge < -0.3 is 19.6 Å². The molecule has 0 unspecified atom stereocenters. The first kappa shape index (κ1) is 16.3. The third kappa shape index (κ3) is 3.51. The molecule has 0 spiro atoms. The second-order valence-electron chi connectivity index (χ2n) is 6.94. The minimum atomic E-state index is -0.285. The number of benzene rings is 1. The maximum absolute atomic E-state index is 11.9. The number of fused-ring (bicyclic) bond motifs is 1. The molecular formula is C19H23N3O2. The quantitative estimate of drug-likeness (QED) is 0.757. The van der Waals surface area contributed by atoms with E-state index in [1.165, 1.54) is 0 Å². The average molecular weight is 325 g/mol. The Morgan fingerprint density at radius 3 is 2.67 bits per heavy atom. The van der Waals surface area contributed by atoms with Gasteiger partial charge in [-0.15, -0.1) is 0 Å². The van der Waals surface area contributed by atoms with Gasteiger partial charge in [-0.2, -0.15) is 0 Å². The van der Waals surface area contributed by atoms with E-state index in [0.29, 0.717) is 5.56 Å². The van der Waals surface area contributed by atoms with Gasteiger partial charge in [0.15, 0.2) is 0 Å². The van der Waals surface area contributed by atoms with Crippen LogP contribution in [0.5, 0.6) is 5.75 Å². The molecule has 0 radical (unpaired) electrons. The fraction of sp³-hybridized carbons (Fsp3) is 0.316. The normalized spacial score (nSPS) is 12.0. The molecule has 0 aliphatic rings. The Morgan fingerprint density at radius 2 is 1.96 bits per heavy atom. The lowest BCUT2D eigenvalue weighted by Gasteiger charge is -2.29. The molecule has 0 bridgehead atoms. The van der Waals surface area contributed by atoms with Crippen molar-refractivity contribution in [2.45, 2.75) is 19.4 Å². The monoisotopic (exact) mass is 325 g/mol. The van der Waals surface area contributed by atoms with E-state index in [4.69, 9.17) is 4.74 Å². The molecule has 2 heterocycles. The highest BCUT2D eigenvalue weighted by Crippen LogP contribution is 2.27. The first-order chi connectivity index (χ1) is 11.3. The van der Waals surface area contributed by atoms with E-state index in [1.807, 2.05) is 44.4 Å². The molecular weight excluding hydrogens is 302 g/mol. The lowest BCUT2D eigenvalue weighted by atomic mass is 10.1. The van der Waals surface area contributed by atoms with Gasteiger partial charge in [0.1, 0.15) is 11.4 Å². The Labute approximate surface area is 141 Å². The minimum Gasteiger partial charge on any atom is -0.487 e. The number of pyridine rings is 1. The molecule has 1 aromatic carbocycles. The van der Waals surface area contributed by atoms with Gasteiger partial charge in [-0.3, -0.25) is 4.79 Å². The Balaban J connectivity index is 1.92. The molecule has 0 atom stereocenters. The molecule has 3 aromatic rings. The van der Waals surface area contributed by atoms with E-state index in [0.717, 1.165) is 28.9 Å². The molecule has 5 nitrogen and oxygen atoms in total. The van der Waals surface area contributed by atoms with Crippen LogP contribution in [0.1, 0.15) is 13.8 Å². The molecule has 0 fully saturated rings. The van der Waals surface area contributed by atoms with Gasteiger partial charge in [0.2, 0.25) is 0 Å². The van der Waals surface area contributed by atoms with Crippen LogP contribution in [0.25, 0.3) is 22.2 Å². The number of nitrogens with one attached hydrogen (secondary N) is 2. The first-order valence-corrected chi connectivity index (χ1v) is 7.99. The summed E-state index contributed by atoms with van der Waals surface area (Å²) in [5, 5.41) is 1.02. The van der Waals surface area contributed by atoms with Crippen molar-refractivity contribution in [2.24, 2.45) is 0 Å². The number of likely N-dealkylation sites (N-methyl/N-ethyl adjacent to an activating group) is 1. The summed E-state index contributed by atoms with van der Waals surface area (Å²) < 4.78 is 6.14. The average Bonchev–Trinajstić information content (AvgIpc) is 2.88. The predicted molar refractivity (Wildman–Crippen MR) is 97.6 cm³/mol. The van der Waals surface area contributed by atoms with E-state index in [1.54, 1.807) is 12.3 Å². The van der Waals surface area contributed by atoms with Crippen LogP contribution in [0, 0.1) is 0 Å². The summed E-state index contributed by atoms with van der Waals surface area (Å²) in [6.07, 6.45) is 1.63. The topological polar surface area (TPSA) is 61.1 Å². The number of aromatic amines is 2. The van der Waals surface area contributed by atoms with Crippen LogP contribution in [-0.4, -0.2) is 41.1 Å². The van der Waals surface area contributed by atoms with Crippen molar-refractivity contribution >= 4 is 10.9 Å². The van der Waals surface area contributed by atoms with Crippen molar-refractivity contribution in [3.63, 3.8) is 0 Å². The summed E-state index contributed by atoms with van der Waals surface area (Å²) >= 11 is 0. The molecule has 0 aliphatic carbocycles. The van der Waals surface area contributed by atoms with Gasteiger partial charge in [0, 0.05) is 23.6 Å². The molecule has 126 valence electrons. The molecule has 0 amide bonds. The molecule has 0 saturated carbocycles. The van der Waals surface area contributed by atoms with Crippen LogP contribution < -0.4 is 10.3 Å². The fourth-order valence-electron chi connectivity index (χ4n) is 3.07. The summed E-state index contributed by atoms with van der Waals surface area (Å²) in [5.74, 6) is 0.821. The summed E-state index contributed by atoms with van der Waals surface area (Å²) in [6.45, 7) is 4.97. The third-order valence-electron chi connectivity index (χ3n) is 3.79. The van der Waals surface area contributed by atoms with E-state index in [2.05, 4.69) is 28.7 Å². The van der Waals surface area contributed by atoms with Gasteiger partial charge in [-0.25, -0.2) is 0 Å². The second kappa shape index (κ2) is 6.17. The molecule has 2 aromatic heterocycles. The highest BCUT2D eigenvalue weighted by atomic mass is 16.5. The SMILES string of the molecule is CN(C)CC(C)(C)Oc1ccc2[nH]c(-c3ccc[nH]c3=O)cc2c1. The van der Waals surface area contributed by atoms with Gasteiger partial charge in [0.25, 0.3) is 5.56 Å². The third-order valence-corrected chi connectivity index (χ3v) is 3.79. The lowest BCUT2D eigenvalue weighted by Crippen LogP contribution is -2.39. The zero-order valence-electron chi connectivity index (χ0n) is 14.5. The Morgan fingerprint density at radius 1 is 1.17 bits per heavy atom. The standard InChI is InChI=1S/C19H23N3O2/c1-19(2,12-22(3)4)24-14-7-8-16-13(10-14)11-17(21-16)15-6-5-9-20-18(15)23/h5-11,21H,12H2,1-4H3,(H,20,23). The fourth-order valence-corrected chi connectivity index (χ4v) is 3.07. The van der Waals surface area contributed by atoms with E-state index < -0.39 is 0 Å². The predicted octanol–water partition coefficient (Wildman–Crippen LogP) is 3.24. The van der Waals surface area contributed by atoms with Gasteiger partial charge in [0.05, 0.1) is 11.3 Å². The minimum absolute atomic E-state index is 0.104. The van der Waals surface area contributed by atoms with Crippen LogP contribution in [0.3, 0.4) is 0 Å². The number of aromatic nitrogens is 2. The molecule has 0 saturated heterocycles. The van der Waals surface area contributed by atoms with E-state index in [9.17, 15) is 4.79 Å². The van der Waals surface area contributed by atoms with Crippen molar-refractivity contribution in [1.82, 2.24) is 14.9 Å². The van der Waals surface area contributed by atoms with Gasteiger partial charge in [-0.1, -0.05) is 0 Å². The van der Waals surface area contributed by atoms with Crippen LogP contribution >= 0.6 is 0 Å². The number of ether oxygens (including phenoxy) is 1. The second-order valence-corrected chi connectivity index (χ2v) is 6.94. The summed E-state index contributed by atoms with van der Waals surface area (Å²) in [5.41, 5.74) is 2.02. The number of hydrogen-bond donors (Lipinski definition) is 2. The van der Waals surface area contributed by atoms with Crippen molar-refractivity contribution in [1.29, 1.82) is 0 Å². The molecule has 5 heteroatoms. The summed E-state index contributed by atoms with van der Waals surface area (Å²) in [7, 11) is 4.06. The Bertz CT molecular complexity index is 906. The number of rotatable bonds is 5. The number of H-pyrrole nitrogens is 2. The molecule has 24 heavy (non-hydrogen) atoms. The maximum atomic E-state index is 11.9. The van der Waals surface area contributed by atoms with Gasteiger partial charge >= 0.3 is 0 Å². The number of hydrogen-bond acceptors (Lipinski definition) is 3. The van der Waals surface area contributed by atoms with Crippen molar-refractivity contribution in [3.05, 3.63) is 52.9 Å². The van der Waals surface area contributed by atoms with Crippen molar-refractivity contribution < 1.29 is 4.74 Å². The molecule has 0 aliphatic heterocycles. The van der Waals surface area contributed by atoms with E-state index in [-0.39, 0.29) is 11.2 Å². The number of nitrogens with zero attached hydrogens (tertiary/aromatic N) is 1. The largest absolute Gasteiger partial charge is 0.487 e. The van der Waals surface area contributed by atoms with Crippen LogP contribution in [0.4, 0.5) is 0 Å². The smallest absolute Gasteiger partial charge is 0.257 e. The van der Waals surface area contributed by atoms with Crippen LogP contribution in [0.15, 0.2) is 47.4 Å². The molecule has 2 N–H and O–H groups in total. The lowest BCUT2D eigenvalue weighted by molar-refractivity contribution is 0.0776. The highest BCUT2D eigenvalue weighted by molar-refractivity contribution is 5.86. The van der Waals surface area contributed by atoms with Crippen molar-refractivity contribution in [3.8, 4) is 17.0 Å². The first-order valence-electron chi connectivity index (χ1n) is 7.99. The van der Waals surface area contributed by atoms with Crippen LogP contribution in [0.2, 0.25) is 0 Å².